The molecule has 3 saturated heterocycles. The average Bonchev–Trinajstić information content (AvgIpc) is 3.65. The predicted octanol–water partition coefficient (Wildman–Crippen LogP) is 1.92. The average molecular weight is 615 g/mol. The Bertz CT molecular complexity index is 1380. The summed E-state index contributed by atoms with van der Waals surface area (Å²) in [5, 5.41) is 14.1. The fourth-order valence-corrected chi connectivity index (χ4v) is 7.24. The van der Waals surface area contributed by atoms with E-state index in [0.29, 0.717) is 37.6 Å². The van der Waals surface area contributed by atoms with Gasteiger partial charge < -0.3 is 58.8 Å². The molecular weight excluding hydrogens is 576 g/mol. The molecule has 5 aliphatic rings. The van der Waals surface area contributed by atoms with Gasteiger partial charge in [-0.15, -0.1) is 0 Å². The van der Waals surface area contributed by atoms with Gasteiger partial charge in [0.15, 0.2) is 35.6 Å². The molecule has 13 heteroatoms. The van der Waals surface area contributed by atoms with Gasteiger partial charge >= 0.3 is 5.97 Å². The summed E-state index contributed by atoms with van der Waals surface area (Å²) in [5.41, 5.74) is 8.19. The first-order valence-corrected chi connectivity index (χ1v) is 15.0. The van der Waals surface area contributed by atoms with Crippen LogP contribution in [-0.2, 0) is 28.5 Å². The van der Waals surface area contributed by atoms with Gasteiger partial charge in [0.2, 0.25) is 12.5 Å². The minimum absolute atomic E-state index is 0.0737. The molecule has 0 amide bonds. The molecule has 0 spiro atoms. The maximum absolute atomic E-state index is 13.5. The summed E-state index contributed by atoms with van der Waals surface area (Å²) >= 11 is 0. The lowest BCUT2D eigenvalue weighted by atomic mass is 9.66. The summed E-state index contributed by atoms with van der Waals surface area (Å²) in [6, 6.07) is 7.20. The van der Waals surface area contributed by atoms with E-state index in [-0.39, 0.29) is 67.1 Å². The maximum Gasteiger partial charge on any atom is 0.310 e. The number of nitrogens with two attached hydrogens (primary N) is 1. The van der Waals surface area contributed by atoms with Crippen molar-refractivity contribution in [2.75, 3.05) is 47.3 Å². The molecule has 238 valence electrons. The second-order valence-corrected chi connectivity index (χ2v) is 11.7. The van der Waals surface area contributed by atoms with Crippen molar-refractivity contribution in [3.05, 3.63) is 41.0 Å². The third-order valence-corrected chi connectivity index (χ3v) is 9.21. The van der Waals surface area contributed by atoms with Crippen molar-refractivity contribution < 1.29 is 52.5 Å². The van der Waals surface area contributed by atoms with Gasteiger partial charge in [0, 0.05) is 37.4 Å². The van der Waals surface area contributed by atoms with Crippen LogP contribution in [0.3, 0.4) is 0 Å². The first-order chi connectivity index (χ1) is 21.4. The number of hydrogen-bond acceptors (Lipinski definition) is 13. The number of nitrogens with one attached hydrogen (secondary N) is 1. The van der Waals surface area contributed by atoms with E-state index in [1.165, 1.54) is 14.2 Å². The van der Waals surface area contributed by atoms with Gasteiger partial charge in [0.1, 0.15) is 12.2 Å². The first kappa shape index (κ1) is 29.4. The van der Waals surface area contributed by atoms with Gasteiger partial charge in [-0.05, 0) is 47.9 Å². The summed E-state index contributed by atoms with van der Waals surface area (Å²) in [6.07, 6.45) is -1.59. The van der Waals surface area contributed by atoms with Crippen molar-refractivity contribution in [2.24, 2.45) is 17.6 Å². The third-order valence-electron chi connectivity index (χ3n) is 9.21. The molecular formula is C31H38N2O11. The molecule has 0 bridgehead atoms. The number of esters is 1. The van der Waals surface area contributed by atoms with Crippen LogP contribution in [-0.4, -0.2) is 89.2 Å². The number of fused-ring (bicyclic) bond motifs is 4. The van der Waals surface area contributed by atoms with Crippen molar-refractivity contribution in [2.45, 2.75) is 56.2 Å². The smallest absolute Gasteiger partial charge is 0.310 e. The summed E-state index contributed by atoms with van der Waals surface area (Å²) in [4.78, 5) is 13.5. The summed E-state index contributed by atoms with van der Waals surface area (Å²) < 4.78 is 53.3. The molecule has 4 aliphatic heterocycles. The van der Waals surface area contributed by atoms with E-state index in [9.17, 15) is 9.90 Å². The molecule has 4 N–H and O–H groups in total. The second kappa shape index (κ2) is 11.9. The highest BCUT2D eigenvalue weighted by Gasteiger charge is 2.54. The van der Waals surface area contributed by atoms with Gasteiger partial charge in [-0.1, -0.05) is 0 Å². The van der Waals surface area contributed by atoms with Crippen LogP contribution in [0.25, 0.3) is 0 Å². The van der Waals surface area contributed by atoms with Gasteiger partial charge in [-0.2, -0.15) is 0 Å². The number of phenolic OH excluding ortho intramolecular Hbond substituents is 1. The lowest BCUT2D eigenvalue weighted by molar-refractivity contribution is -0.324. The normalized spacial score (nSPS) is 33.6. The Morgan fingerprint density at radius 1 is 1.00 bits per heavy atom. The minimum Gasteiger partial charge on any atom is -0.502 e. The lowest BCUT2D eigenvalue weighted by Crippen LogP contribution is -2.61. The van der Waals surface area contributed by atoms with Crippen LogP contribution in [0.4, 0.5) is 0 Å². The van der Waals surface area contributed by atoms with E-state index in [1.807, 2.05) is 19.1 Å². The van der Waals surface area contributed by atoms with Crippen LogP contribution in [0.5, 0.6) is 28.7 Å². The second-order valence-electron chi connectivity index (χ2n) is 11.7. The number of cyclic esters (lactones) is 1. The lowest BCUT2D eigenvalue weighted by Gasteiger charge is -2.47. The predicted molar refractivity (Wildman–Crippen MR) is 152 cm³/mol. The number of methoxy groups -OCH3 is 2. The molecule has 2 aromatic carbocycles. The molecule has 1 aliphatic carbocycles. The molecule has 0 radical (unpaired) electrons. The van der Waals surface area contributed by atoms with Gasteiger partial charge in [-0.3, -0.25) is 4.79 Å². The molecule has 1 unspecified atom stereocenters. The van der Waals surface area contributed by atoms with E-state index in [4.69, 9.17) is 48.4 Å². The van der Waals surface area contributed by atoms with Crippen molar-refractivity contribution in [3.8, 4) is 28.7 Å². The molecule has 9 atom stereocenters. The minimum atomic E-state index is -0.628. The van der Waals surface area contributed by atoms with Crippen LogP contribution in [0.2, 0.25) is 0 Å². The fourth-order valence-electron chi connectivity index (χ4n) is 7.24. The molecule has 3 fully saturated rings. The van der Waals surface area contributed by atoms with Crippen molar-refractivity contribution in [1.82, 2.24) is 5.32 Å². The topological polar surface area (TPSA) is 158 Å². The molecule has 0 saturated carbocycles. The zero-order chi connectivity index (χ0) is 30.5. The van der Waals surface area contributed by atoms with Crippen LogP contribution < -0.4 is 30.0 Å². The van der Waals surface area contributed by atoms with Crippen molar-refractivity contribution in [1.29, 1.82) is 0 Å². The number of hydrogen-bond donors (Lipinski definition) is 3. The molecule has 2 aromatic rings. The number of carbonyl (C=O) groups is 1. The fraction of sp³-hybridized carbons (Fsp3) is 0.581. The highest BCUT2D eigenvalue weighted by molar-refractivity contribution is 5.79. The van der Waals surface area contributed by atoms with Gasteiger partial charge in [0.25, 0.3) is 0 Å². The monoisotopic (exact) mass is 614 g/mol. The Balaban J connectivity index is 1.29. The van der Waals surface area contributed by atoms with Crippen molar-refractivity contribution in [3.63, 3.8) is 0 Å². The number of phenols is 1. The summed E-state index contributed by atoms with van der Waals surface area (Å²) in [7, 11) is 2.93. The number of rotatable bonds is 8. The molecule has 44 heavy (non-hydrogen) atoms. The number of aromatic hydroxyl groups is 1. The largest absolute Gasteiger partial charge is 0.502 e. The molecule has 13 nitrogen and oxygen atoms in total. The van der Waals surface area contributed by atoms with E-state index in [2.05, 4.69) is 5.32 Å². The van der Waals surface area contributed by atoms with E-state index in [0.717, 1.165) is 16.7 Å². The van der Waals surface area contributed by atoms with Crippen LogP contribution in [0.15, 0.2) is 24.3 Å². The number of ether oxygens (including phenoxy) is 9. The summed E-state index contributed by atoms with van der Waals surface area (Å²) in [6.45, 7) is 3.59. The zero-order valence-electron chi connectivity index (χ0n) is 24.9. The Kier molecular flexibility index (Phi) is 7.93. The Morgan fingerprint density at radius 2 is 1.73 bits per heavy atom. The highest BCUT2D eigenvalue weighted by Crippen LogP contribution is 2.57. The molecule has 4 heterocycles. The van der Waals surface area contributed by atoms with Gasteiger partial charge in [-0.25, -0.2) is 0 Å². The Labute approximate surface area is 254 Å². The molecule has 7 rings (SSSR count). The van der Waals surface area contributed by atoms with Crippen LogP contribution in [0.1, 0.15) is 42.1 Å². The highest BCUT2D eigenvalue weighted by atomic mass is 16.7. The van der Waals surface area contributed by atoms with E-state index in [1.54, 1.807) is 12.1 Å². The first-order valence-electron chi connectivity index (χ1n) is 15.0. The summed E-state index contributed by atoms with van der Waals surface area (Å²) in [5.74, 6) is -0.246. The van der Waals surface area contributed by atoms with Crippen LogP contribution >= 0.6 is 0 Å². The quantitative estimate of drug-likeness (QED) is 0.371. The van der Waals surface area contributed by atoms with Crippen LogP contribution in [0, 0.1) is 11.8 Å². The Hall–Kier alpha value is -3.33. The zero-order valence-corrected chi connectivity index (χ0v) is 24.9. The Morgan fingerprint density at radius 3 is 2.43 bits per heavy atom. The van der Waals surface area contributed by atoms with Gasteiger partial charge in [0.05, 0.1) is 39.5 Å². The third kappa shape index (κ3) is 5.01. The maximum atomic E-state index is 13.5. The van der Waals surface area contributed by atoms with E-state index >= 15 is 0 Å². The molecule has 0 aromatic heterocycles. The standard InChI is InChI=1S/C31H38N2O11/c1-14-38-12-24-30(42-14)19(33-5-4-32)10-25(43-24)44-29-17-9-21-20(40-13-41-21)8-16(17)26(27-18(29)11-39-31(27)35)15-6-22(36-2)28(34)23(7-15)37-3/h6-9,14,18-19,24-27,29-30,33-34H,4-5,10-13,32H2,1-3H3/t14?,18-,19-,24+,25-,26+,27-,29+,30-/m0/s1. The van der Waals surface area contributed by atoms with E-state index < -0.39 is 24.2 Å². The van der Waals surface area contributed by atoms with Crippen molar-refractivity contribution >= 4 is 5.97 Å². The number of carbonyl (C=O) groups excluding carboxylic acids is 1. The number of benzene rings is 2. The SMILES string of the molecule is COc1cc([C@@H]2c3cc4c(cc3[C@@H](O[C@H]3C[C@H](NCCN)[C@@H]5OC(C)OC[C@H]5O3)[C@H]3COC(=O)[C@H]23)OCO4)cc(OC)c1O.